The van der Waals surface area contributed by atoms with Crippen molar-refractivity contribution in [1.82, 2.24) is 16.0 Å². The quantitative estimate of drug-likeness (QED) is 0.0251. The van der Waals surface area contributed by atoms with Gasteiger partial charge < -0.3 is 185 Å². The summed E-state index contributed by atoms with van der Waals surface area (Å²) in [5.74, 6) is -16.1. The Bertz CT molecular complexity index is 3270. The number of hydrogen-bond acceptors (Lipinski definition) is 37. The SMILES string of the molecule is CCCCCCCCC=CCCCCCCCCCCCC(=O)NC(COC1OC(CO)C(OC2OC(CO)C(OC3OC(CO)C(O)C(OC4OC(CO)C(O)C(OC5(C(=O)O)CC(O)C(NC(C)=O)C(C(O)C(O)CO)O5)C4O)C3CC(C)=O)C(OC3(C(=O)O)CC(O)C(NC(C)=O)C(C(O)C(O)CO)O3)C2O)C(O)C1O)C(O)CCCCCCCCCCCCCCC. The molecule has 42 nitrogen and oxygen atoms in total. The summed E-state index contributed by atoms with van der Waals surface area (Å²) in [5.41, 5.74) is 0. The van der Waals surface area contributed by atoms with E-state index in [4.69, 9.17) is 56.8 Å². The highest BCUT2D eigenvalue weighted by atomic mass is 16.8. The van der Waals surface area contributed by atoms with E-state index < -0.39 is 302 Å². The predicted molar refractivity (Wildman–Crippen MR) is 459 cm³/mol. The summed E-state index contributed by atoms with van der Waals surface area (Å²) < 4.78 is 72.9. The molecule has 0 bridgehead atoms. The first-order valence-electron chi connectivity index (χ1n) is 47.4. The summed E-state index contributed by atoms with van der Waals surface area (Å²) in [6.45, 7) is -0.538. The van der Waals surface area contributed by atoms with Gasteiger partial charge in [0.1, 0.15) is 128 Å². The van der Waals surface area contributed by atoms with Crippen molar-refractivity contribution in [3.05, 3.63) is 12.2 Å². The van der Waals surface area contributed by atoms with Crippen LogP contribution in [0.5, 0.6) is 0 Å². The second-order valence-electron chi connectivity index (χ2n) is 36.0. The molecule has 24 N–H and O–H groups in total. The van der Waals surface area contributed by atoms with Crippen LogP contribution in [0.15, 0.2) is 12.2 Å². The topological polar surface area (TPSA) is 674 Å². The Hall–Kier alpha value is -4.48. The maximum absolute atomic E-state index is 14.1. The van der Waals surface area contributed by atoms with Crippen LogP contribution < -0.4 is 16.0 Å². The molecular weight excluding hydrogens is 1730 g/mol. The Labute approximate surface area is 766 Å². The van der Waals surface area contributed by atoms with Crippen molar-refractivity contribution < 1.29 is 193 Å². The molecule has 0 aromatic heterocycles. The van der Waals surface area contributed by atoms with E-state index >= 15 is 0 Å². The number of ether oxygens (including phenoxy) is 12. The van der Waals surface area contributed by atoms with Crippen LogP contribution in [0, 0.1) is 5.92 Å². The minimum atomic E-state index is -3.48. The number of carboxylic acid groups (broad SMARTS) is 2. The number of amides is 3. The molecule has 0 saturated carbocycles. The first kappa shape index (κ1) is 115. The van der Waals surface area contributed by atoms with Crippen LogP contribution in [0.4, 0.5) is 0 Å². The highest BCUT2D eigenvalue weighted by Crippen LogP contribution is 2.44. The molecule has 3 amide bonds. The third-order valence-electron chi connectivity index (χ3n) is 25.4. The standard InChI is InChI=1S/C89H157N3O39/c1-6-8-10-12-14-16-18-20-21-22-23-24-25-27-29-31-33-35-37-39-64(107)92-54(55(102)38-36-34-32-30-28-26-19-17-15-13-11-9-7-2)49-120-83-72(113)71(112)76(62(47-97)123-83)126-85-74(115)81(131-89(87(118)119)42-57(104)66(91-52(5)101)79(129-89)68(109)59(106)44-94)77(63(48-98)124-85)127-82-53(40-50(3)99)75(69(110)60(45-95)121-82)125-84-73(114)80(70(111)61(46-96)122-84)130-88(86(116)117)41-56(103)65(90-51(4)100)78(128-88)67(108)58(105)43-93/h20-21,53-63,65-85,93-98,102-106,108-115H,6-19,22-49H2,1-5H3,(H,90,100)(H,91,101)(H,92,107)(H,116,117)(H,118,119). The summed E-state index contributed by atoms with van der Waals surface area (Å²) in [6.07, 6.45) is -27.4. The third kappa shape index (κ3) is 34.8. The van der Waals surface area contributed by atoms with E-state index in [2.05, 4.69) is 41.9 Å². The minimum Gasteiger partial charge on any atom is -0.477 e. The van der Waals surface area contributed by atoms with E-state index in [9.17, 15) is 136 Å². The monoisotopic (exact) mass is 1890 g/mol. The number of nitrogens with one attached hydrogen (secondary N) is 3. The van der Waals surface area contributed by atoms with E-state index in [1.165, 1.54) is 89.9 Å². The number of hydrogen-bond donors (Lipinski definition) is 24. The van der Waals surface area contributed by atoms with Crippen molar-refractivity contribution in [2.24, 2.45) is 5.92 Å². The number of carbonyl (C=O) groups is 6. The van der Waals surface area contributed by atoms with E-state index in [1.807, 2.05) is 0 Å². The summed E-state index contributed by atoms with van der Waals surface area (Å²) >= 11 is 0. The fraction of sp³-hybridized carbons (Fsp3) is 0.910. The Morgan fingerprint density at radius 2 is 0.786 bits per heavy atom. The van der Waals surface area contributed by atoms with Crippen LogP contribution in [-0.4, -0.2) is 390 Å². The lowest BCUT2D eigenvalue weighted by molar-refractivity contribution is -0.408. The van der Waals surface area contributed by atoms with Crippen LogP contribution in [-0.2, 0) is 85.6 Å². The summed E-state index contributed by atoms with van der Waals surface area (Å²) in [6, 6.07) is -4.69. The zero-order valence-corrected chi connectivity index (χ0v) is 76.6. The van der Waals surface area contributed by atoms with Crippen molar-refractivity contribution in [3.8, 4) is 0 Å². The largest absolute Gasteiger partial charge is 0.477 e. The number of unbranched alkanes of at least 4 members (excludes halogenated alkanes) is 27. The molecule has 762 valence electrons. The molecule has 6 aliphatic rings. The first-order valence-corrected chi connectivity index (χ1v) is 47.4. The van der Waals surface area contributed by atoms with E-state index in [1.54, 1.807) is 0 Å². The van der Waals surface area contributed by atoms with Gasteiger partial charge in [-0.3, -0.25) is 14.4 Å². The minimum absolute atomic E-state index is 0.116. The Balaban J connectivity index is 1.27. The molecule has 34 atom stereocenters. The van der Waals surface area contributed by atoms with Crippen molar-refractivity contribution in [1.29, 1.82) is 0 Å². The number of carboxylic acids is 2. The van der Waals surface area contributed by atoms with Gasteiger partial charge in [-0.15, -0.1) is 0 Å². The smallest absolute Gasteiger partial charge is 0.364 e. The molecule has 0 radical (unpaired) electrons. The van der Waals surface area contributed by atoms with Crippen LogP contribution in [0.1, 0.15) is 259 Å². The number of aliphatic carboxylic acids is 2. The number of allylic oxidation sites excluding steroid dienone is 2. The number of rotatable bonds is 64. The maximum atomic E-state index is 14.1. The van der Waals surface area contributed by atoms with E-state index in [0.717, 1.165) is 111 Å². The van der Waals surface area contributed by atoms with Gasteiger partial charge in [0.25, 0.3) is 11.6 Å². The second-order valence-corrected chi connectivity index (χ2v) is 36.0. The Morgan fingerprint density at radius 3 is 1.21 bits per heavy atom. The molecule has 0 aromatic rings. The van der Waals surface area contributed by atoms with Gasteiger partial charge in [-0.1, -0.05) is 187 Å². The number of ketones is 1. The van der Waals surface area contributed by atoms with Crippen LogP contribution >= 0.6 is 0 Å². The predicted octanol–water partition coefficient (Wildman–Crippen LogP) is -1.22. The first-order chi connectivity index (χ1) is 62.6. The van der Waals surface area contributed by atoms with Crippen LogP contribution in [0.3, 0.4) is 0 Å². The molecule has 6 rings (SSSR count). The second kappa shape index (κ2) is 59.7. The molecule has 42 heteroatoms. The third-order valence-corrected chi connectivity index (χ3v) is 25.4. The molecule has 6 fully saturated rings. The van der Waals surface area contributed by atoms with E-state index in [0.29, 0.717) is 12.8 Å². The van der Waals surface area contributed by atoms with Gasteiger partial charge in [0.2, 0.25) is 17.7 Å². The van der Waals surface area contributed by atoms with E-state index in [-0.39, 0.29) is 18.7 Å². The van der Waals surface area contributed by atoms with Crippen molar-refractivity contribution in [3.63, 3.8) is 0 Å². The number of Topliss-reactive ketones (excluding diaryl/α,β-unsaturated/α-hetero) is 1. The molecule has 0 aromatic carbocycles. The van der Waals surface area contributed by atoms with Crippen LogP contribution in [0.25, 0.3) is 0 Å². The molecule has 6 aliphatic heterocycles. The van der Waals surface area contributed by atoms with Gasteiger partial charge in [0.05, 0.1) is 88.8 Å². The maximum Gasteiger partial charge on any atom is 0.364 e. The summed E-state index contributed by atoms with van der Waals surface area (Å²) in [5, 5.41) is 246. The number of aliphatic hydroxyl groups is 19. The highest BCUT2D eigenvalue weighted by Gasteiger charge is 2.64. The zero-order valence-electron chi connectivity index (χ0n) is 76.6. The van der Waals surface area contributed by atoms with Crippen molar-refractivity contribution >= 4 is 35.4 Å². The lowest BCUT2D eigenvalue weighted by Crippen LogP contribution is -2.71. The van der Waals surface area contributed by atoms with Gasteiger partial charge in [0, 0.05) is 45.4 Å². The van der Waals surface area contributed by atoms with Crippen molar-refractivity contribution in [2.45, 2.75) is 461 Å². The molecule has 6 saturated heterocycles. The fourth-order valence-electron chi connectivity index (χ4n) is 17.9. The van der Waals surface area contributed by atoms with Gasteiger partial charge in [0.15, 0.2) is 25.2 Å². The summed E-state index contributed by atoms with van der Waals surface area (Å²) in [4.78, 5) is 79.9. The van der Waals surface area contributed by atoms with Gasteiger partial charge in [-0.25, -0.2) is 9.59 Å². The zero-order chi connectivity index (χ0) is 96.7. The molecule has 34 unspecified atom stereocenters. The van der Waals surface area contributed by atoms with Crippen LogP contribution in [0.2, 0.25) is 0 Å². The normalized spacial score (nSPS) is 34.4. The fourth-order valence-corrected chi connectivity index (χ4v) is 17.9. The lowest BCUT2D eigenvalue weighted by atomic mass is 9.86. The molecular formula is C89H157N3O39. The van der Waals surface area contributed by atoms with Gasteiger partial charge in [-0.2, -0.15) is 0 Å². The average molecular weight is 1890 g/mol. The molecule has 131 heavy (non-hydrogen) atoms. The van der Waals surface area contributed by atoms with Gasteiger partial charge in [-0.05, 0) is 45.4 Å². The summed E-state index contributed by atoms with van der Waals surface area (Å²) in [7, 11) is 0. The number of aliphatic hydroxyl groups excluding tert-OH is 19. The van der Waals surface area contributed by atoms with Crippen molar-refractivity contribution in [2.75, 3.05) is 46.2 Å². The molecule has 6 heterocycles. The average Bonchev–Trinajstić information content (AvgIpc) is 0.752. The highest BCUT2D eigenvalue weighted by molar-refractivity contribution is 5.78. The molecule has 0 spiro atoms. The van der Waals surface area contributed by atoms with Gasteiger partial charge >= 0.3 is 11.9 Å². The molecule has 0 aliphatic carbocycles. The Morgan fingerprint density at radius 1 is 0.412 bits per heavy atom. The Kier molecular flexibility index (Phi) is 52.5. The number of carbonyl (C=O) groups excluding carboxylic acids is 4. The lowest BCUT2D eigenvalue weighted by Gasteiger charge is -2.53.